The maximum absolute atomic E-state index is 12.8. The summed E-state index contributed by atoms with van der Waals surface area (Å²) < 4.78 is 30.4. The van der Waals surface area contributed by atoms with Gasteiger partial charge in [-0.2, -0.15) is 0 Å². The average molecular weight is 491 g/mol. The van der Waals surface area contributed by atoms with Crippen molar-refractivity contribution in [2.75, 3.05) is 29.5 Å². The summed E-state index contributed by atoms with van der Waals surface area (Å²) in [5.41, 5.74) is 1.34. The maximum atomic E-state index is 12.8. The number of ether oxygens (including phenoxy) is 1. The van der Waals surface area contributed by atoms with Crippen molar-refractivity contribution in [3.8, 4) is 0 Å². The number of benzene rings is 1. The molecule has 1 aliphatic rings. The van der Waals surface area contributed by atoms with E-state index in [2.05, 4.69) is 5.32 Å². The molecule has 2 aromatic rings. The molecule has 1 aromatic heterocycles. The highest BCUT2D eigenvalue weighted by atomic mass is 35.5. The Morgan fingerprint density at radius 3 is 2.60 bits per heavy atom. The molecule has 0 saturated carbocycles. The topological polar surface area (TPSA) is 92.8 Å². The number of sulfonamides is 1. The molecule has 0 saturated heterocycles. The second-order valence-electron chi connectivity index (χ2n) is 6.82. The van der Waals surface area contributed by atoms with Gasteiger partial charge in [-0.1, -0.05) is 23.2 Å². The van der Waals surface area contributed by atoms with E-state index in [1.165, 1.54) is 36.6 Å². The minimum atomic E-state index is -3.84. The predicted molar refractivity (Wildman–Crippen MR) is 120 cm³/mol. The number of nitrogens with one attached hydrogen (secondary N) is 1. The number of nitrogens with zero attached hydrogens (tertiary/aromatic N) is 1. The van der Waals surface area contributed by atoms with Crippen LogP contribution < -0.4 is 9.62 Å². The number of carbonyl (C=O) groups is 2. The van der Waals surface area contributed by atoms with Crippen LogP contribution >= 0.6 is 34.5 Å². The Kier molecular flexibility index (Phi) is 6.96. The third kappa shape index (κ3) is 4.91. The molecule has 1 aliphatic carbocycles. The smallest absolute Gasteiger partial charge is 0.341 e. The Morgan fingerprint density at radius 2 is 1.93 bits per heavy atom. The molecule has 0 fully saturated rings. The summed E-state index contributed by atoms with van der Waals surface area (Å²) in [5, 5.41) is 3.47. The Hall–Kier alpha value is -1.81. The molecule has 1 N–H and O–H groups in total. The van der Waals surface area contributed by atoms with Gasteiger partial charge in [-0.05, 0) is 49.4 Å². The number of hydrogen-bond acceptors (Lipinski definition) is 6. The highest BCUT2D eigenvalue weighted by Gasteiger charge is 2.29. The van der Waals surface area contributed by atoms with Crippen LogP contribution in [0.2, 0.25) is 10.0 Å². The van der Waals surface area contributed by atoms with E-state index in [1.54, 1.807) is 0 Å². The Labute approximate surface area is 189 Å². The first-order valence-corrected chi connectivity index (χ1v) is 12.5. The fourth-order valence-corrected chi connectivity index (χ4v) is 5.92. The van der Waals surface area contributed by atoms with Crippen molar-refractivity contribution in [1.29, 1.82) is 0 Å². The molecule has 30 heavy (non-hydrogen) atoms. The molecule has 7 nitrogen and oxygen atoms in total. The Bertz CT molecular complexity index is 1100. The van der Waals surface area contributed by atoms with Gasteiger partial charge in [0.25, 0.3) is 0 Å². The summed E-state index contributed by atoms with van der Waals surface area (Å²) in [6, 6.07) is 4.35. The van der Waals surface area contributed by atoms with Gasteiger partial charge in [-0.15, -0.1) is 11.3 Å². The Balaban J connectivity index is 1.91. The van der Waals surface area contributed by atoms with Crippen LogP contribution in [0.25, 0.3) is 0 Å². The highest BCUT2D eigenvalue weighted by Crippen LogP contribution is 2.38. The minimum Gasteiger partial charge on any atom is -0.465 e. The zero-order valence-electron chi connectivity index (χ0n) is 16.3. The summed E-state index contributed by atoms with van der Waals surface area (Å²) >= 11 is 13.4. The van der Waals surface area contributed by atoms with E-state index in [1.807, 2.05) is 0 Å². The first kappa shape index (κ1) is 22.9. The minimum absolute atomic E-state index is 0.0977. The largest absolute Gasteiger partial charge is 0.465 e. The molecule has 3 rings (SSSR count). The lowest BCUT2D eigenvalue weighted by Gasteiger charge is -2.23. The van der Waals surface area contributed by atoms with E-state index in [0.29, 0.717) is 10.6 Å². The fraction of sp³-hybridized carbons (Fsp3) is 0.368. The lowest BCUT2D eigenvalue weighted by atomic mass is 9.95. The van der Waals surface area contributed by atoms with Gasteiger partial charge in [0.15, 0.2) is 0 Å². The van der Waals surface area contributed by atoms with Crippen LogP contribution in [0.5, 0.6) is 0 Å². The van der Waals surface area contributed by atoms with Crippen LogP contribution in [0.3, 0.4) is 0 Å². The summed E-state index contributed by atoms with van der Waals surface area (Å²) in [7, 11) is -2.55. The SMILES string of the molecule is COC(=O)c1c(NC(=O)CN(c2cc(Cl)ccc2Cl)S(C)(=O)=O)sc2c1CCCC2. The number of carbonyl (C=O) groups excluding carboxylic acids is 2. The normalized spacial score (nSPS) is 13.5. The molecular weight excluding hydrogens is 471 g/mol. The molecule has 0 atom stereocenters. The van der Waals surface area contributed by atoms with E-state index in [0.717, 1.165) is 46.7 Å². The third-order valence-electron chi connectivity index (χ3n) is 4.68. The van der Waals surface area contributed by atoms with Gasteiger partial charge in [-0.3, -0.25) is 9.10 Å². The summed E-state index contributed by atoms with van der Waals surface area (Å²) in [4.78, 5) is 26.1. The number of rotatable bonds is 6. The lowest BCUT2D eigenvalue weighted by molar-refractivity contribution is -0.114. The number of halogens is 2. The van der Waals surface area contributed by atoms with Crippen LogP contribution in [-0.2, 0) is 32.4 Å². The van der Waals surface area contributed by atoms with Crippen molar-refractivity contribution >= 4 is 67.1 Å². The van der Waals surface area contributed by atoms with Crippen LogP contribution in [0, 0.1) is 0 Å². The van der Waals surface area contributed by atoms with Gasteiger partial charge in [0.1, 0.15) is 11.5 Å². The molecule has 1 heterocycles. The van der Waals surface area contributed by atoms with E-state index in [4.69, 9.17) is 27.9 Å². The van der Waals surface area contributed by atoms with Crippen molar-refractivity contribution < 1.29 is 22.7 Å². The standard InChI is InChI=1S/C19H20Cl2N2O5S2/c1-28-19(25)17-12-5-3-4-6-15(12)29-18(17)22-16(24)10-23(30(2,26)27)14-9-11(20)7-8-13(14)21/h7-9H,3-6,10H2,1-2H3,(H,22,24). The molecule has 11 heteroatoms. The predicted octanol–water partition coefficient (Wildman–Crippen LogP) is 4.13. The van der Waals surface area contributed by atoms with Gasteiger partial charge in [0.05, 0.1) is 29.6 Å². The number of methoxy groups -OCH3 is 1. The van der Waals surface area contributed by atoms with Crippen LogP contribution in [0.4, 0.5) is 10.7 Å². The highest BCUT2D eigenvalue weighted by molar-refractivity contribution is 7.92. The lowest BCUT2D eigenvalue weighted by Crippen LogP contribution is -2.37. The van der Waals surface area contributed by atoms with E-state index in [9.17, 15) is 18.0 Å². The summed E-state index contributed by atoms with van der Waals surface area (Å²) in [5.74, 6) is -1.14. The first-order chi connectivity index (χ1) is 14.1. The van der Waals surface area contributed by atoms with E-state index < -0.39 is 28.4 Å². The number of fused-ring (bicyclic) bond motifs is 1. The number of aryl methyl sites for hydroxylation is 1. The van der Waals surface area contributed by atoms with Gasteiger partial charge in [-0.25, -0.2) is 13.2 Å². The molecule has 0 aliphatic heterocycles. The number of amides is 1. The molecule has 0 bridgehead atoms. The quantitative estimate of drug-likeness (QED) is 0.614. The van der Waals surface area contributed by atoms with Crippen LogP contribution in [0.15, 0.2) is 18.2 Å². The number of anilines is 2. The molecule has 0 spiro atoms. The van der Waals surface area contributed by atoms with Gasteiger partial charge < -0.3 is 10.1 Å². The second kappa shape index (κ2) is 9.13. The third-order valence-corrected chi connectivity index (χ3v) is 7.57. The monoisotopic (exact) mass is 490 g/mol. The van der Waals surface area contributed by atoms with Crippen molar-refractivity contribution in [2.45, 2.75) is 25.7 Å². The molecule has 1 amide bonds. The molecule has 0 radical (unpaired) electrons. The summed E-state index contributed by atoms with van der Waals surface area (Å²) in [6.07, 6.45) is 4.50. The van der Waals surface area contributed by atoms with Crippen molar-refractivity contribution in [1.82, 2.24) is 0 Å². The molecule has 0 unspecified atom stereocenters. The van der Waals surface area contributed by atoms with Gasteiger partial charge in [0, 0.05) is 9.90 Å². The molecular formula is C19H20Cl2N2O5S2. The number of thiophene rings is 1. The van der Waals surface area contributed by atoms with Gasteiger partial charge >= 0.3 is 5.97 Å². The molecule has 1 aromatic carbocycles. The van der Waals surface area contributed by atoms with Crippen LogP contribution in [0.1, 0.15) is 33.6 Å². The number of esters is 1. The van der Waals surface area contributed by atoms with Crippen LogP contribution in [-0.4, -0.2) is 40.2 Å². The zero-order valence-corrected chi connectivity index (χ0v) is 19.5. The summed E-state index contributed by atoms with van der Waals surface area (Å²) in [6.45, 7) is -0.526. The maximum Gasteiger partial charge on any atom is 0.341 e. The number of hydrogen-bond donors (Lipinski definition) is 1. The molecule has 162 valence electrons. The Morgan fingerprint density at radius 1 is 1.23 bits per heavy atom. The van der Waals surface area contributed by atoms with Crippen molar-refractivity contribution in [3.63, 3.8) is 0 Å². The van der Waals surface area contributed by atoms with Crippen molar-refractivity contribution in [2.24, 2.45) is 0 Å². The van der Waals surface area contributed by atoms with E-state index in [-0.39, 0.29) is 15.7 Å². The zero-order chi connectivity index (χ0) is 22.1. The van der Waals surface area contributed by atoms with E-state index >= 15 is 0 Å². The van der Waals surface area contributed by atoms with Crippen molar-refractivity contribution in [3.05, 3.63) is 44.2 Å². The average Bonchev–Trinajstić information content (AvgIpc) is 3.04. The second-order valence-corrected chi connectivity index (χ2v) is 10.7. The van der Waals surface area contributed by atoms with Gasteiger partial charge in [0.2, 0.25) is 15.9 Å². The first-order valence-electron chi connectivity index (χ1n) is 9.07. The fourth-order valence-electron chi connectivity index (χ4n) is 3.33.